The molecule has 27 heavy (non-hydrogen) atoms. The number of hydrogen-bond donors (Lipinski definition) is 1. The summed E-state index contributed by atoms with van der Waals surface area (Å²) in [7, 11) is 0. The highest BCUT2D eigenvalue weighted by molar-refractivity contribution is 6.06. The molecule has 142 valence electrons. The zero-order valence-electron chi connectivity index (χ0n) is 14.2. The summed E-state index contributed by atoms with van der Waals surface area (Å²) in [5.41, 5.74) is -1.28. The van der Waals surface area contributed by atoms with Gasteiger partial charge in [-0.1, -0.05) is 24.3 Å². The average molecular weight is 378 g/mol. The van der Waals surface area contributed by atoms with Gasteiger partial charge in [0.15, 0.2) is 0 Å². The van der Waals surface area contributed by atoms with Crippen molar-refractivity contribution in [2.45, 2.75) is 19.0 Å². The van der Waals surface area contributed by atoms with Crippen LogP contribution in [0.1, 0.15) is 18.4 Å². The quantitative estimate of drug-likeness (QED) is 0.647. The second kappa shape index (κ2) is 6.21. The van der Waals surface area contributed by atoms with Gasteiger partial charge in [0, 0.05) is 13.0 Å². The third-order valence-corrected chi connectivity index (χ3v) is 5.63. The summed E-state index contributed by atoms with van der Waals surface area (Å²) in [4.78, 5) is 38.3. The number of para-hydroxylation sites is 1. The maximum atomic E-state index is 13.0. The molecule has 0 unspecified atom stereocenters. The molecule has 1 aliphatic heterocycles. The van der Waals surface area contributed by atoms with Gasteiger partial charge in [0.25, 0.3) is 0 Å². The molecule has 2 bridgehead atoms. The maximum absolute atomic E-state index is 13.0. The molecule has 3 aliphatic rings. The fourth-order valence-electron chi connectivity index (χ4n) is 4.45. The molecule has 3 amide bonds. The van der Waals surface area contributed by atoms with E-state index in [1.807, 2.05) is 12.2 Å². The zero-order chi connectivity index (χ0) is 19.3. The summed E-state index contributed by atoms with van der Waals surface area (Å²) in [6.07, 6.45) is -0.0711. The summed E-state index contributed by atoms with van der Waals surface area (Å²) >= 11 is 0. The molecule has 1 aromatic carbocycles. The van der Waals surface area contributed by atoms with Crippen molar-refractivity contribution < 1.29 is 27.6 Å². The predicted octanol–water partition coefficient (Wildman–Crippen LogP) is 2.84. The van der Waals surface area contributed by atoms with Gasteiger partial charge in [-0.3, -0.25) is 19.3 Å². The van der Waals surface area contributed by atoms with E-state index in [-0.39, 0.29) is 54.1 Å². The van der Waals surface area contributed by atoms with E-state index in [1.165, 1.54) is 18.2 Å². The highest BCUT2D eigenvalue weighted by Crippen LogP contribution is 2.52. The summed E-state index contributed by atoms with van der Waals surface area (Å²) < 4.78 is 39.0. The van der Waals surface area contributed by atoms with Crippen LogP contribution in [0.2, 0.25) is 0 Å². The monoisotopic (exact) mass is 378 g/mol. The Morgan fingerprint density at radius 2 is 1.67 bits per heavy atom. The molecule has 4 rings (SSSR count). The molecule has 0 aromatic heterocycles. The first kappa shape index (κ1) is 17.8. The lowest BCUT2D eigenvalue weighted by atomic mass is 9.85. The Morgan fingerprint density at radius 1 is 1.07 bits per heavy atom. The first-order valence-corrected chi connectivity index (χ1v) is 8.77. The van der Waals surface area contributed by atoms with Gasteiger partial charge in [-0.25, -0.2) is 0 Å². The molecule has 1 heterocycles. The van der Waals surface area contributed by atoms with Gasteiger partial charge in [0.1, 0.15) is 0 Å². The number of amides is 3. The van der Waals surface area contributed by atoms with Crippen LogP contribution in [-0.2, 0) is 20.6 Å². The molecule has 1 saturated carbocycles. The number of alkyl halides is 3. The highest BCUT2D eigenvalue weighted by atomic mass is 19.4. The minimum Gasteiger partial charge on any atom is -0.325 e. The second-order valence-electron chi connectivity index (χ2n) is 7.17. The molecular weight excluding hydrogens is 361 g/mol. The van der Waals surface area contributed by atoms with Gasteiger partial charge in [0.2, 0.25) is 17.7 Å². The number of likely N-dealkylation sites (tertiary alicyclic amines) is 1. The minimum atomic E-state index is -4.59. The van der Waals surface area contributed by atoms with Crippen LogP contribution in [0.4, 0.5) is 18.9 Å². The number of anilines is 1. The van der Waals surface area contributed by atoms with Crippen LogP contribution >= 0.6 is 0 Å². The van der Waals surface area contributed by atoms with E-state index in [2.05, 4.69) is 5.32 Å². The van der Waals surface area contributed by atoms with Crippen LogP contribution in [0.3, 0.4) is 0 Å². The molecule has 1 N–H and O–H groups in total. The van der Waals surface area contributed by atoms with Crippen LogP contribution in [0.5, 0.6) is 0 Å². The van der Waals surface area contributed by atoms with E-state index in [9.17, 15) is 27.6 Å². The van der Waals surface area contributed by atoms with Crippen molar-refractivity contribution in [1.29, 1.82) is 0 Å². The molecule has 5 nitrogen and oxygen atoms in total. The van der Waals surface area contributed by atoms with Crippen LogP contribution < -0.4 is 5.32 Å². The van der Waals surface area contributed by atoms with Crippen molar-refractivity contribution in [2.75, 3.05) is 11.9 Å². The minimum absolute atomic E-state index is 0.0777. The van der Waals surface area contributed by atoms with E-state index in [0.29, 0.717) is 0 Å². The van der Waals surface area contributed by atoms with Crippen molar-refractivity contribution in [3.63, 3.8) is 0 Å². The smallest absolute Gasteiger partial charge is 0.325 e. The van der Waals surface area contributed by atoms with E-state index in [0.717, 1.165) is 17.4 Å². The van der Waals surface area contributed by atoms with Crippen molar-refractivity contribution in [3.05, 3.63) is 42.0 Å². The van der Waals surface area contributed by atoms with E-state index < -0.39 is 17.6 Å². The Hall–Kier alpha value is -2.64. The van der Waals surface area contributed by atoms with Crippen molar-refractivity contribution in [3.8, 4) is 0 Å². The number of carbonyl (C=O) groups excluding carboxylic acids is 3. The summed E-state index contributed by atoms with van der Waals surface area (Å²) in [6, 6.07) is 4.68. The predicted molar refractivity (Wildman–Crippen MR) is 89.1 cm³/mol. The summed E-state index contributed by atoms with van der Waals surface area (Å²) in [5.74, 6) is -1.76. The third-order valence-electron chi connectivity index (χ3n) is 5.63. The Balaban J connectivity index is 1.40. The fourth-order valence-corrected chi connectivity index (χ4v) is 4.45. The van der Waals surface area contributed by atoms with Crippen LogP contribution in [0.15, 0.2) is 36.4 Å². The number of benzene rings is 1. The average Bonchev–Trinajstić information content (AvgIpc) is 3.27. The number of allylic oxidation sites excluding steroid dienone is 2. The summed E-state index contributed by atoms with van der Waals surface area (Å²) in [6.45, 7) is -0.121. The number of nitrogens with zero attached hydrogens (tertiary/aromatic N) is 1. The maximum Gasteiger partial charge on any atom is 0.418 e. The van der Waals surface area contributed by atoms with Crippen molar-refractivity contribution >= 4 is 23.4 Å². The first-order valence-electron chi connectivity index (χ1n) is 8.77. The standard InChI is InChI=1S/C19H17F3N2O3/c20-19(21,22)12-3-1-2-4-13(12)23-14(25)7-8-24-17(26)15-10-5-6-11(9-10)16(15)18(24)27/h1-6,10-11,15-16H,7-9H2,(H,23,25)/t10-,11+,15-,16+. The molecule has 2 aliphatic carbocycles. The lowest BCUT2D eigenvalue weighted by Crippen LogP contribution is -2.35. The molecule has 0 spiro atoms. The fraction of sp³-hybridized carbons (Fsp3) is 0.421. The number of fused-ring (bicyclic) bond motifs is 5. The summed E-state index contributed by atoms with van der Waals surface area (Å²) in [5, 5.41) is 2.23. The van der Waals surface area contributed by atoms with Crippen LogP contribution in [0.25, 0.3) is 0 Å². The number of halogens is 3. The number of rotatable bonds is 4. The van der Waals surface area contributed by atoms with E-state index in [1.54, 1.807) is 0 Å². The van der Waals surface area contributed by atoms with Gasteiger partial charge < -0.3 is 5.32 Å². The van der Waals surface area contributed by atoms with Gasteiger partial charge in [-0.05, 0) is 30.4 Å². The largest absolute Gasteiger partial charge is 0.418 e. The van der Waals surface area contributed by atoms with Gasteiger partial charge in [-0.2, -0.15) is 13.2 Å². The van der Waals surface area contributed by atoms with Crippen molar-refractivity contribution in [1.82, 2.24) is 4.90 Å². The molecule has 8 heteroatoms. The Kier molecular flexibility index (Phi) is 4.09. The molecular formula is C19H17F3N2O3. The number of nitrogens with one attached hydrogen (secondary N) is 1. The van der Waals surface area contributed by atoms with E-state index >= 15 is 0 Å². The van der Waals surface area contributed by atoms with Crippen LogP contribution in [-0.4, -0.2) is 29.2 Å². The topological polar surface area (TPSA) is 66.5 Å². The Labute approximate surface area is 153 Å². The zero-order valence-corrected chi connectivity index (χ0v) is 14.2. The number of imide groups is 1. The second-order valence-corrected chi connectivity index (χ2v) is 7.17. The van der Waals surface area contributed by atoms with Gasteiger partial charge in [-0.15, -0.1) is 0 Å². The SMILES string of the molecule is O=C(CCN1C(=O)[C@@H]2[C@H](C1=O)[C@@H]1C=C[C@H]2C1)Nc1ccccc1C(F)(F)F. The highest BCUT2D eigenvalue weighted by Gasteiger charge is 2.59. The first-order chi connectivity index (χ1) is 12.8. The number of carbonyl (C=O) groups is 3. The lowest BCUT2D eigenvalue weighted by Gasteiger charge is -2.17. The van der Waals surface area contributed by atoms with Crippen molar-refractivity contribution in [2.24, 2.45) is 23.7 Å². The normalized spacial score (nSPS) is 28.8. The molecule has 0 radical (unpaired) electrons. The van der Waals surface area contributed by atoms with Crippen LogP contribution in [0, 0.1) is 23.7 Å². The lowest BCUT2D eigenvalue weighted by molar-refractivity contribution is -0.141. The number of hydrogen-bond acceptors (Lipinski definition) is 3. The Bertz CT molecular complexity index is 819. The van der Waals surface area contributed by atoms with E-state index in [4.69, 9.17) is 0 Å². The van der Waals surface area contributed by atoms with Gasteiger partial charge in [0.05, 0.1) is 23.1 Å². The molecule has 2 fully saturated rings. The molecule has 1 saturated heterocycles. The molecule has 4 atom stereocenters. The van der Waals surface area contributed by atoms with Gasteiger partial charge >= 0.3 is 6.18 Å². The Morgan fingerprint density at radius 3 is 2.26 bits per heavy atom. The third kappa shape index (κ3) is 2.93. The molecule has 1 aromatic rings.